The van der Waals surface area contributed by atoms with Crippen molar-refractivity contribution in [1.82, 2.24) is 20.4 Å². The zero-order valence-electron chi connectivity index (χ0n) is 16.6. The first-order valence-corrected chi connectivity index (χ1v) is 11.1. The number of benzene rings is 1. The van der Waals surface area contributed by atoms with Gasteiger partial charge in [0.1, 0.15) is 5.01 Å². The van der Waals surface area contributed by atoms with Gasteiger partial charge < -0.3 is 20.3 Å². The lowest BCUT2D eigenvalue weighted by atomic mass is 10.2. The number of methoxy groups -OCH3 is 1. The molecule has 2 aromatic rings. The van der Waals surface area contributed by atoms with E-state index >= 15 is 0 Å². The van der Waals surface area contributed by atoms with Crippen LogP contribution in [0, 0.1) is 0 Å². The fourth-order valence-corrected chi connectivity index (χ4v) is 3.43. The van der Waals surface area contributed by atoms with Crippen LogP contribution in [0.1, 0.15) is 26.2 Å². The van der Waals surface area contributed by atoms with Gasteiger partial charge in [-0.2, -0.15) is 0 Å². The number of anilines is 1. The van der Waals surface area contributed by atoms with Crippen molar-refractivity contribution in [2.75, 3.05) is 38.7 Å². The molecule has 2 N–H and O–H groups in total. The third kappa shape index (κ3) is 8.08. The Labute approximate surface area is 183 Å². The van der Waals surface area contributed by atoms with Crippen LogP contribution in [0.2, 0.25) is 0 Å². The Balaban J connectivity index is 1.86. The van der Waals surface area contributed by atoms with Crippen LogP contribution in [0.4, 0.5) is 9.93 Å². The van der Waals surface area contributed by atoms with Gasteiger partial charge in [-0.15, -0.1) is 10.2 Å². The lowest BCUT2D eigenvalue weighted by Crippen LogP contribution is -2.43. The SMILES string of the molecule is CCCCNC(=O)N(CCOC)CCC(=O)Nc1nnc(-c2ccc(Br)cc2)s1. The number of urea groups is 1. The van der Waals surface area contributed by atoms with Crippen LogP contribution in [-0.4, -0.2) is 60.4 Å². The minimum Gasteiger partial charge on any atom is -0.383 e. The lowest BCUT2D eigenvalue weighted by Gasteiger charge is -2.22. The Morgan fingerprint density at radius 2 is 1.97 bits per heavy atom. The predicted molar refractivity (Wildman–Crippen MR) is 118 cm³/mol. The third-order valence-electron chi connectivity index (χ3n) is 4.03. The number of aromatic nitrogens is 2. The molecule has 158 valence electrons. The van der Waals surface area contributed by atoms with Crippen molar-refractivity contribution in [3.63, 3.8) is 0 Å². The van der Waals surface area contributed by atoms with Gasteiger partial charge in [0.05, 0.1) is 6.61 Å². The summed E-state index contributed by atoms with van der Waals surface area (Å²) in [5.74, 6) is -0.215. The molecule has 1 aromatic carbocycles. The number of hydrogen-bond donors (Lipinski definition) is 2. The molecule has 0 spiro atoms. The Bertz CT molecular complexity index is 784. The van der Waals surface area contributed by atoms with E-state index in [9.17, 15) is 9.59 Å². The zero-order chi connectivity index (χ0) is 21.1. The summed E-state index contributed by atoms with van der Waals surface area (Å²) in [6.07, 6.45) is 2.09. The quantitative estimate of drug-likeness (QED) is 0.474. The summed E-state index contributed by atoms with van der Waals surface area (Å²) in [4.78, 5) is 26.2. The highest BCUT2D eigenvalue weighted by Crippen LogP contribution is 2.27. The molecule has 29 heavy (non-hydrogen) atoms. The zero-order valence-corrected chi connectivity index (χ0v) is 19.0. The molecule has 0 saturated carbocycles. The molecule has 0 saturated heterocycles. The first-order chi connectivity index (χ1) is 14.0. The topological polar surface area (TPSA) is 96.5 Å². The van der Waals surface area contributed by atoms with Crippen LogP contribution in [0.3, 0.4) is 0 Å². The maximum Gasteiger partial charge on any atom is 0.317 e. The number of amides is 3. The van der Waals surface area contributed by atoms with E-state index in [0.717, 1.165) is 27.9 Å². The Hall–Kier alpha value is -2.04. The minimum atomic E-state index is -0.215. The monoisotopic (exact) mass is 483 g/mol. The van der Waals surface area contributed by atoms with E-state index in [4.69, 9.17) is 4.74 Å². The maximum absolute atomic E-state index is 12.3. The summed E-state index contributed by atoms with van der Waals surface area (Å²) in [5, 5.41) is 14.9. The van der Waals surface area contributed by atoms with Crippen LogP contribution in [0.5, 0.6) is 0 Å². The molecule has 0 fully saturated rings. The van der Waals surface area contributed by atoms with Gasteiger partial charge in [0.15, 0.2) is 0 Å². The Morgan fingerprint density at radius 3 is 2.66 bits per heavy atom. The lowest BCUT2D eigenvalue weighted by molar-refractivity contribution is -0.116. The standard InChI is InChI=1S/C19H26BrN5O3S/c1-3-4-10-21-19(27)25(12-13-28-2)11-9-16(26)22-18-24-23-17(29-18)14-5-7-15(20)8-6-14/h5-8H,3-4,9-13H2,1-2H3,(H,21,27)(H,22,24,26). The highest BCUT2D eigenvalue weighted by atomic mass is 79.9. The maximum atomic E-state index is 12.3. The number of nitrogens with one attached hydrogen (secondary N) is 2. The molecule has 1 heterocycles. The Morgan fingerprint density at radius 1 is 1.21 bits per heavy atom. The minimum absolute atomic E-state index is 0.165. The second kappa shape index (κ2) is 12.5. The summed E-state index contributed by atoms with van der Waals surface area (Å²) >= 11 is 4.70. The molecule has 3 amide bonds. The smallest absolute Gasteiger partial charge is 0.317 e. The van der Waals surface area contributed by atoms with E-state index in [1.165, 1.54) is 11.3 Å². The van der Waals surface area contributed by atoms with Crippen molar-refractivity contribution in [2.24, 2.45) is 0 Å². The van der Waals surface area contributed by atoms with Crippen LogP contribution in [0.15, 0.2) is 28.7 Å². The van der Waals surface area contributed by atoms with Crippen molar-refractivity contribution in [3.05, 3.63) is 28.7 Å². The highest BCUT2D eigenvalue weighted by Gasteiger charge is 2.15. The van der Waals surface area contributed by atoms with Crippen LogP contribution in [-0.2, 0) is 9.53 Å². The van der Waals surface area contributed by atoms with Gasteiger partial charge in [-0.05, 0) is 18.6 Å². The highest BCUT2D eigenvalue weighted by molar-refractivity contribution is 9.10. The van der Waals surface area contributed by atoms with E-state index in [-0.39, 0.29) is 18.4 Å². The van der Waals surface area contributed by atoms with Gasteiger partial charge in [-0.1, -0.05) is 52.7 Å². The number of ether oxygens (including phenoxy) is 1. The third-order valence-corrected chi connectivity index (χ3v) is 5.45. The predicted octanol–water partition coefficient (Wildman–Crippen LogP) is 3.75. The van der Waals surface area contributed by atoms with Crippen molar-refractivity contribution >= 4 is 44.3 Å². The number of unbranched alkanes of at least 4 members (excludes halogenated alkanes) is 1. The molecular formula is C19H26BrN5O3S. The first-order valence-electron chi connectivity index (χ1n) is 9.44. The molecule has 0 aliphatic rings. The molecule has 2 rings (SSSR count). The fourth-order valence-electron chi connectivity index (χ4n) is 2.40. The van der Waals surface area contributed by atoms with E-state index in [1.54, 1.807) is 12.0 Å². The van der Waals surface area contributed by atoms with Gasteiger partial charge in [0.2, 0.25) is 11.0 Å². The van der Waals surface area contributed by atoms with Gasteiger partial charge >= 0.3 is 6.03 Å². The number of hydrogen-bond acceptors (Lipinski definition) is 6. The first kappa shape index (κ1) is 23.2. The molecule has 0 atom stereocenters. The van der Waals surface area contributed by atoms with E-state index < -0.39 is 0 Å². The molecule has 1 aromatic heterocycles. The molecule has 10 heteroatoms. The van der Waals surface area contributed by atoms with Gasteiger partial charge in [0, 0.05) is 43.2 Å². The average Bonchev–Trinajstić information content (AvgIpc) is 3.17. The second-order valence-corrected chi connectivity index (χ2v) is 8.18. The number of halogens is 1. The van der Waals surface area contributed by atoms with Crippen LogP contribution in [0.25, 0.3) is 10.6 Å². The number of rotatable bonds is 11. The number of carbonyl (C=O) groups is 2. The van der Waals surface area contributed by atoms with E-state index in [2.05, 4.69) is 43.7 Å². The molecule has 0 unspecified atom stereocenters. The molecule has 0 bridgehead atoms. The van der Waals surface area contributed by atoms with Crippen molar-refractivity contribution in [3.8, 4) is 10.6 Å². The normalized spacial score (nSPS) is 10.6. The number of nitrogens with zero attached hydrogens (tertiary/aromatic N) is 3. The van der Waals surface area contributed by atoms with E-state index in [0.29, 0.717) is 31.4 Å². The van der Waals surface area contributed by atoms with Crippen LogP contribution < -0.4 is 10.6 Å². The summed E-state index contributed by atoms with van der Waals surface area (Å²) in [5.41, 5.74) is 0.931. The summed E-state index contributed by atoms with van der Waals surface area (Å²) in [6.45, 7) is 3.82. The second-order valence-electron chi connectivity index (χ2n) is 6.28. The van der Waals surface area contributed by atoms with Crippen molar-refractivity contribution in [2.45, 2.75) is 26.2 Å². The average molecular weight is 484 g/mol. The summed E-state index contributed by atoms with van der Waals surface area (Å²) < 4.78 is 6.04. The molecule has 0 radical (unpaired) electrons. The summed E-state index contributed by atoms with van der Waals surface area (Å²) in [7, 11) is 1.58. The number of carbonyl (C=O) groups excluding carboxylic acids is 2. The van der Waals surface area contributed by atoms with E-state index in [1.807, 2.05) is 24.3 Å². The van der Waals surface area contributed by atoms with Gasteiger partial charge in [-0.3, -0.25) is 4.79 Å². The molecule has 0 aliphatic heterocycles. The molecule has 8 nitrogen and oxygen atoms in total. The van der Waals surface area contributed by atoms with Crippen molar-refractivity contribution in [1.29, 1.82) is 0 Å². The van der Waals surface area contributed by atoms with Crippen molar-refractivity contribution < 1.29 is 14.3 Å². The van der Waals surface area contributed by atoms with Gasteiger partial charge in [0.25, 0.3) is 0 Å². The molecule has 0 aliphatic carbocycles. The fraction of sp³-hybridized carbons (Fsp3) is 0.474. The van der Waals surface area contributed by atoms with Crippen LogP contribution >= 0.6 is 27.3 Å². The Kier molecular flexibility index (Phi) is 10.0. The largest absolute Gasteiger partial charge is 0.383 e. The van der Waals surface area contributed by atoms with Gasteiger partial charge in [-0.25, -0.2) is 4.79 Å². The molecular weight excluding hydrogens is 458 g/mol. The summed E-state index contributed by atoms with van der Waals surface area (Å²) in [6, 6.07) is 7.53.